The zero-order valence-electron chi connectivity index (χ0n) is 16.2. The molecule has 2 aromatic rings. The van der Waals surface area contributed by atoms with Crippen molar-refractivity contribution in [3.63, 3.8) is 0 Å². The Morgan fingerprint density at radius 3 is 2.81 bits per heavy atom. The summed E-state index contributed by atoms with van der Waals surface area (Å²) in [5, 5.41) is 11.3. The van der Waals surface area contributed by atoms with Gasteiger partial charge in [-0.25, -0.2) is 4.68 Å². The molecule has 1 aliphatic heterocycles. The van der Waals surface area contributed by atoms with Gasteiger partial charge < -0.3 is 14.8 Å². The highest BCUT2D eigenvalue weighted by Crippen LogP contribution is 2.20. The Hall–Kier alpha value is -2.41. The third-order valence-corrected chi connectivity index (χ3v) is 5.10. The van der Waals surface area contributed by atoms with Crippen LogP contribution in [0.4, 0.5) is 0 Å². The van der Waals surface area contributed by atoms with E-state index in [0.29, 0.717) is 19.8 Å². The van der Waals surface area contributed by atoms with E-state index in [0.717, 1.165) is 29.8 Å². The molecule has 7 heteroatoms. The van der Waals surface area contributed by atoms with E-state index in [2.05, 4.69) is 29.5 Å². The van der Waals surface area contributed by atoms with E-state index in [1.54, 1.807) is 18.0 Å². The summed E-state index contributed by atoms with van der Waals surface area (Å²) in [6.45, 7) is 5.00. The van der Waals surface area contributed by atoms with Gasteiger partial charge >= 0.3 is 0 Å². The summed E-state index contributed by atoms with van der Waals surface area (Å²) >= 11 is 0. The fourth-order valence-electron chi connectivity index (χ4n) is 3.24. The molecule has 0 bridgehead atoms. The maximum Gasteiger partial charge on any atom is 0.223 e. The molecule has 2 atom stereocenters. The van der Waals surface area contributed by atoms with Crippen LogP contribution in [0.1, 0.15) is 31.5 Å². The standard InChI is InChI=1S/C20H28N4O3/c1-14(2)19-12-27-13-24-17(11-21-23-24)7-6-16(20(25)22-19)10-15-4-8-18(26-3)9-5-15/h4-5,8-9,11,14,16,19H,6-7,10,12-13H2,1-3H3,(H,22,25)/t16-,19+/m1/s1. The molecule has 0 spiro atoms. The Kier molecular flexibility index (Phi) is 6.45. The van der Waals surface area contributed by atoms with Gasteiger partial charge in [-0.05, 0) is 42.9 Å². The number of hydrogen-bond acceptors (Lipinski definition) is 5. The minimum absolute atomic E-state index is 0.0269. The van der Waals surface area contributed by atoms with Crippen molar-refractivity contribution in [3.8, 4) is 5.75 Å². The number of aromatic nitrogens is 3. The van der Waals surface area contributed by atoms with Crippen LogP contribution >= 0.6 is 0 Å². The summed E-state index contributed by atoms with van der Waals surface area (Å²) in [6.07, 6.45) is 3.90. The molecular weight excluding hydrogens is 344 g/mol. The SMILES string of the molecule is COc1ccc(C[C@H]2CCc3cnnn3COC[C@@H](C(C)C)NC2=O)cc1. The molecule has 7 nitrogen and oxygen atoms in total. The van der Waals surface area contributed by atoms with Gasteiger partial charge in [0, 0.05) is 5.92 Å². The Morgan fingerprint density at radius 1 is 1.33 bits per heavy atom. The summed E-state index contributed by atoms with van der Waals surface area (Å²) in [6, 6.07) is 7.88. The third-order valence-electron chi connectivity index (χ3n) is 5.10. The Balaban J connectivity index is 1.79. The molecule has 146 valence electrons. The lowest BCUT2D eigenvalue weighted by Gasteiger charge is -2.25. The van der Waals surface area contributed by atoms with E-state index in [-0.39, 0.29) is 23.8 Å². The van der Waals surface area contributed by atoms with Gasteiger partial charge in [-0.3, -0.25) is 4.79 Å². The van der Waals surface area contributed by atoms with Gasteiger partial charge in [0.15, 0.2) is 0 Å². The van der Waals surface area contributed by atoms with Crippen molar-refractivity contribution < 1.29 is 14.3 Å². The lowest BCUT2D eigenvalue weighted by atomic mass is 9.92. The molecule has 3 rings (SSSR count). The van der Waals surface area contributed by atoms with Crippen LogP contribution in [0, 0.1) is 11.8 Å². The third kappa shape index (κ3) is 5.07. The first kappa shape index (κ1) is 19.4. The predicted molar refractivity (Wildman–Crippen MR) is 101 cm³/mol. The second-order valence-electron chi connectivity index (χ2n) is 7.37. The topological polar surface area (TPSA) is 78.3 Å². The van der Waals surface area contributed by atoms with Gasteiger partial charge in [0.05, 0.1) is 31.6 Å². The minimum Gasteiger partial charge on any atom is -0.497 e. The lowest BCUT2D eigenvalue weighted by molar-refractivity contribution is -0.126. The van der Waals surface area contributed by atoms with Crippen LogP contribution < -0.4 is 10.1 Å². The zero-order chi connectivity index (χ0) is 19.2. The van der Waals surface area contributed by atoms with Gasteiger partial charge in [-0.2, -0.15) is 0 Å². The molecule has 0 fully saturated rings. The number of aryl methyl sites for hydroxylation is 1. The first-order valence-electron chi connectivity index (χ1n) is 9.45. The highest BCUT2D eigenvalue weighted by Gasteiger charge is 2.25. The number of ether oxygens (including phenoxy) is 2. The van der Waals surface area contributed by atoms with Crippen LogP contribution in [0.3, 0.4) is 0 Å². The smallest absolute Gasteiger partial charge is 0.223 e. The van der Waals surface area contributed by atoms with E-state index in [9.17, 15) is 4.79 Å². The molecule has 0 aliphatic carbocycles. The van der Waals surface area contributed by atoms with Gasteiger partial charge in [0.25, 0.3) is 0 Å². The van der Waals surface area contributed by atoms with Crippen LogP contribution in [0.25, 0.3) is 0 Å². The van der Waals surface area contributed by atoms with Crippen molar-refractivity contribution >= 4 is 5.91 Å². The van der Waals surface area contributed by atoms with Gasteiger partial charge in [-0.1, -0.05) is 31.2 Å². The summed E-state index contributed by atoms with van der Waals surface area (Å²) < 4.78 is 12.8. The molecule has 0 unspecified atom stereocenters. The second kappa shape index (κ2) is 8.99. The average Bonchev–Trinajstić information content (AvgIpc) is 3.10. The summed E-state index contributed by atoms with van der Waals surface area (Å²) in [7, 11) is 1.65. The Bertz CT molecular complexity index is 742. The summed E-state index contributed by atoms with van der Waals surface area (Å²) in [5.41, 5.74) is 2.11. The number of amides is 1. The molecule has 0 radical (unpaired) electrons. The fraction of sp³-hybridized carbons (Fsp3) is 0.550. The fourth-order valence-corrected chi connectivity index (χ4v) is 3.24. The number of benzene rings is 1. The predicted octanol–water partition coefficient (Wildman–Crippen LogP) is 2.21. The van der Waals surface area contributed by atoms with E-state index in [1.165, 1.54) is 0 Å². The van der Waals surface area contributed by atoms with Gasteiger partial charge in [0.2, 0.25) is 5.91 Å². The van der Waals surface area contributed by atoms with E-state index in [1.807, 2.05) is 24.3 Å². The van der Waals surface area contributed by atoms with E-state index >= 15 is 0 Å². The van der Waals surface area contributed by atoms with Crippen LogP contribution in [-0.4, -0.2) is 40.7 Å². The quantitative estimate of drug-likeness (QED) is 0.890. The Labute approximate surface area is 160 Å². The highest BCUT2D eigenvalue weighted by molar-refractivity contribution is 5.79. The van der Waals surface area contributed by atoms with Crippen LogP contribution in [0.15, 0.2) is 30.5 Å². The molecule has 1 aromatic heterocycles. The number of nitrogens with zero attached hydrogens (tertiary/aromatic N) is 3. The van der Waals surface area contributed by atoms with Crippen LogP contribution in [-0.2, 0) is 29.1 Å². The molecular formula is C20H28N4O3. The molecule has 0 saturated heterocycles. The Morgan fingerprint density at radius 2 is 2.11 bits per heavy atom. The number of nitrogens with one attached hydrogen (secondary N) is 1. The molecule has 1 aromatic carbocycles. The molecule has 1 aliphatic rings. The number of carbonyl (C=O) groups excluding carboxylic acids is 1. The maximum absolute atomic E-state index is 13.0. The van der Waals surface area contributed by atoms with Gasteiger partial charge in [-0.15, -0.1) is 5.10 Å². The largest absolute Gasteiger partial charge is 0.497 e. The first-order chi connectivity index (χ1) is 13.1. The average molecular weight is 372 g/mol. The number of hydrogen-bond donors (Lipinski definition) is 1. The number of rotatable bonds is 4. The molecule has 1 N–H and O–H groups in total. The van der Waals surface area contributed by atoms with Crippen molar-refractivity contribution in [2.75, 3.05) is 13.7 Å². The molecule has 2 heterocycles. The summed E-state index contributed by atoms with van der Waals surface area (Å²) in [5.74, 6) is 1.05. The van der Waals surface area contributed by atoms with Crippen molar-refractivity contribution in [2.24, 2.45) is 11.8 Å². The monoisotopic (exact) mass is 372 g/mol. The van der Waals surface area contributed by atoms with Crippen LogP contribution in [0.2, 0.25) is 0 Å². The number of fused-ring (bicyclic) bond motifs is 1. The minimum atomic E-state index is -0.124. The first-order valence-corrected chi connectivity index (χ1v) is 9.45. The second-order valence-corrected chi connectivity index (χ2v) is 7.37. The van der Waals surface area contributed by atoms with Crippen molar-refractivity contribution in [1.82, 2.24) is 20.3 Å². The van der Waals surface area contributed by atoms with Crippen molar-refractivity contribution in [2.45, 2.75) is 45.9 Å². The normalized spacial score (nSPS) is 21.3. The summed E-state index contributed by atoms with van der Waals surface area (Å²) in [4.78, 5) is 13.0. The van der Waals surface area contributed by atoms with Gasteiger partial charge in [0.1, 0.15) is 12.5 Å². The number of methoxy groups -OCH3 is 1. The molecule has 1 amide bonds. The zero-order valence-corrected chi connectivity index (χ0v) is 16.2. The van der Waals surface area contributed by atoms with Crippen LogP contribution in [0.5, 0.6) is 5.75 Å². The molecule has 0 saturated carbocycles. The van der Waals surface area contributed by atoms with E-state index < -0.39 is 0 Å². The van der Waals surface area contributed by atoms with Crippen molar-refractivity contribution in [1.29, 1.82) is 0 Å². The maximum atomic E-state index is 13.0. The number of carbonyl (C=O) groups is 1. The van der Waals surface area contributed by atoms with Crippen molar-refractivity contribution in [3.05, 3.63) is 41.7 Å². The molecule has 27 heavy (non-hydrogen) atoms. The van der Waals surface area contributed by atoms with E-state index in [4.69, 9.17) is 9.47 Å². The highest BCUT2D eigenvalue weighted by atomic mass is 16.5. The lowest BCUT2D eigenvalue weighted by Crippen LogP contribution is -2.45.